The molecule has 0 unspecified atom stereocenters. The summed E-state index contributed by atoms with van der Waals surface area (Å²) in [6, 6.07) is 2.20. The van der Waals surface area contributed by atoms with E-state index in [4.69, 9.17) is 0 Å². The zero-order chi connectivity index (χ0) is 12.1. The van der Waals surface area contributed by atoms with E-state index >= 15 is 0 Å². The van der Waals surface area contributed by atoms with Crippen LogP contribution in [0, 0.1) is 12.8 Å². The van der Waals surface area contributed by atoms with Crippen LogP contribution in [0.4, 0.5) is 5.82 Å². The van der Waals surface area contributed by atoms with Crippen LogP contribution in [0.3, 0.4) is 0 Å². The molecule has 0 aliphatic carbocycles. The van der Waals surface area contributed by atoms with E-state index < -0.39 is 0 Å². The minimum absolute atomic E-state index is 0.656. The average Bonchev–Trinajstić information content (AvgIpc) is 2.16. The summed E-state index contributed by atoms with van der Waals surface area (Å²) in [5, 5.41) is 3.14. The molecule has 1 aromatic rings. The molecule has 1 heterocycles. The van der Waals surface area contributed by atoms with Crippen LogP contribution in [0.1, 0.15) is 25.0 Å². The van der Waals surface area contributed by atoms with Crippen molar-refractivity contribution in [3.8, 4) is 0 Å². The fourth-order valence-corrected chi connectivity index (χ4v) is 1.96. The summed E-state index contributed by atoms with van der Waals surface area (Å²) in [5.74, 6) is 1.75. The van der Waals surface area contributed by atoms with E-state index in [1.165, 1.54) is 11.1 Å². The fraction of sp³-hybridized carbons (Fsp3) is 0.615. The minimum Gasteiger partial charge on any atom is -0.359 e. The second kappa shape index (κ2) is 5.85. The average molecular weight is 221 g/mol. The van der Waals surface area contributed by atoms with Crippen LogP contribution >= 0.6 is 0 Å². The number of aryl methyl sites for hydroxylation is 1. The van der Waals surface area contributed by atoms with Gasteiger partial charge >= 0.3 is 0 Å². The molecule has 0 aromatic carbocycles. The largest absolute Gasteiger partial charge is 0.359 e. The van der Waals surface area contributed by atoms with E-state index in [9.17, 15) is 0 Å². The maximum atomic E-state index is 4.54. The lowest BCUT2D eigenvalue weighted by molar-refractivity contribution is 0.633. The molecular formula is C13H23N3. The van der Waals surface area contributed by atoms with Gasteiger partial charge in [0.1, 0.15) is 5.82 Å². The minimum atomic E-state index is 0.656. The number of nitrogens with one attached hydrogen (secondary N) is 1. The summed E-state index contributed by atoms with van der Waals surface area (Å²) in [6.45, 7) is 8.49. The van der Waals surface area contributed by atoms with Gasteiger partial charge in [-0.3, -0.25) is 0 Å². The second-order valence-corrected chi connectivity index (χ2v) is 4.79. The quantitative estimate of drug-likeness (QED) is 0.826. The summed E-state index contributed by atoms with van der Waals surface area (Å²) in [4.78, 5) is 6.76. The smallest absolute Gasteiger partial charge is 0.131 e. The molecule has 90 valence electrons. The van der Waals surface area contributed by atoms with Crippen molar-refractivity contribution >= 4 is 5.82 Å². The molecule has 16 heavy (non-hydrogen) atoms. The van der Waals surface area contributed by atoms with Crippen LogP contribution in [0.15, 0.2) is 12.3 Å². The predicted molar refractivity (Wildman–Crippen MR) is 69.8 cm³/mol. The van der Waals surface area contributed by atoms with Gasteiger partial charge in [0.2, 0.25) is 0 Å². The van der Waals surface area contributed by atoms with E-state index in [-0.39, 0.29) is 0 Å². The zero-order valence-corrected chi connectivity index (χ0v) is 11.0. The third-order valence-electron chi connectivity index (χ3n) is 2.49. The van der Waals surface area contributed by atoms with Crippen molar-refractivity contribution in [2.24, 2.45) is 5.92 Å². The van der Waals surface area contributed by atoms with Crippen molar-refractivity contribution in [3.05, 3.63) is 23.4 Å². The first-order valence-electron chi connectivity index (χ1n) is 5.85. The molecule has 0 aliphatic heterocycles. The lowest BCUT2D eigenvalue weighted by Crippen LogP contribution is -2.24. The molecule has 0 radical (unpaired) electrons. The Morgan fingerprint density at radius 2 is 2.12 bits per heavy atom. The van der Waals surface area contributed by atoms with E-state index in [1.807, 2.05) is 13.2 Å². The Morgan fingerprint density at radius 3 is 2.62 bits per heavy atom. The summed E-state index contributed by atoms with van der Waals surface area (Å²) in [5.41, 5.74) is 2.48. The Labute approximate surface area is 98.9 Å². The Hall–Kier alpha value is -1.09. The molecule has 1 N–H and O–H groups in total. The topological polar surface area (TPSA) is 28.2 Å². The number of rotatable bonds is 5. The van der Waals surface area contributed by atoms with Gasteiger partial charge in [-0.05, 0) is 37.1 Å². The number of aromatic nitrogens is 1. The molecule has 0 amide bonds. The van der Waals surface area contributed by atoms with Crippen LogP contribution in [-0.4, -0.2) is 25.6 Å². The van der Waals surface area contributed by atoms with Gasteiger partial charge in [-0.15, -0.1) is 0 Å². The SMILES string of the molecule is CNCc1cnc(N(C)CC(C)C)c(C)c1. The number of nitrogens with zero attached hydrogens (tertiary/aromatic N) is 2. The highest BCUT2D eigenvalue weighted by molar-refractivity contribution is 5.46. The van der Waals surface area contributed by atoms with Crippen LogP contribution in [0.25, 0.3) is 0 Å². The first-order chi connectivity index (χ1) is 7.54. The normalized spacial score (nSPS) is 10.9. The van der Waals surface area contributed by atoms with Crippen molar-refractivity contribution in [2.45, 2.75) is 27.3 Å². The van der Waals surface area contributed by atoms with E-state index in [1.54, 1.807) is 0 Å². The fourth-order valence-electron chi connectivity index (χ4n) is 1.96. The van der Waals surface area contributed by atoms with E-state index in [0.717, 1.165) is 18.9 Å². The maximum Gasteiger partial charge on any atom is 0.131 e. The van der Waals surface area contributed by atoms with Gasteiger partial charge in [0.05, 0.1) is 0 Å². The van der Waals surface area contributed by atoms with Crippen molar-refractivity contribution < 1.29 is 0 Å². The summed E-state index contributed by atoms with van der Waals surface area (Å²) >= 11 is 0. The molecule has 0 saturated heterocycles. The highest BCUT2D eigenvalue weighted by Crippen LogP contribution is 2.17. The predicted octanol–water partition coefficient (Wildman–Crippen LogP) is 2.20. The van der Waals surface area contributed by atoms with Gasteiger partial charge in [0.15, 0.2) is 0 Å². The van der Waals surface area contributed by atoms with Gasteiger partial charge in [-0.1, -0.05) is 13.8 Å². The van der Waals surface area contributed by atoms with Crippen LogP contribution in [0.2, 0.25) is 0 Å². The molecule has 0 saturated carbocycles. The molecule has 0 aliphatic rings. The Kier molecular flexibility index (Phi) is 4.74. The van der Waals surface area contributed by atoms with E-state index in [0.29, 0.717) is 5.92 Å². The molecule has 3 nitrogen and oxygen atoms in total. The molecule has 1 aromatic heterocycles. The summed E-state index contributed by atoms with van der Waals surface area (Å²) < 4.78 is 0. The molecule has 0 bridgehead atoms. The number of pyridine rings is 1. The number of hydrogen-bond acceptors (Lipinski definition) is 3. The Balaban J connectivity index is 2.81. The number of anilines is 1. The van der Waals surface area contributed by atoms with Crippen LogP contribution in [0.5, 0.6) is 0 Å². The summed E-state index contributed by atoms with van der Waals surface area (Å²) in [7, 11) is 4.06. The monoisotopic (exact) mass is 221 g/mol. The summed E-state index contributed by atoms with van der Waals surface area (Å²) in [6.07, 6.45) is 1.95. The van der Waals surface area contributed by atoms with Gasteiger partial charge < -0.3 is 10.2 Å². The first kappa shape index (κ1) is 13.0. The van der Waals surface area contributed by atoms with Gasteiger partial charge in [-0.2, -0.15) is 0 Å². The molecule has 3 heteroatoms. The molecular weight excluding hydrogens is 198 g/mol. The molecule has 0 fully saturated rings. The van der Waals surface area contributed by atoms with Crippen molar-refractivity contribution in [2.75, 3.05) is 25.5 Å². The zero-order valence-electron chi connectivity index (χ0n) is 11.0. The first-order valence-corrected chi connectivity index (χ1v) is 5.85. The van der Waals surface area contributed by atoms with Gasteiger partial charge in [0, 0.05) is 26.3 Å². The lowest BCUT2D eigenvalue weighted by Gasteiger charge is -2.22. The molecule has 0 atom stereocenters. The lowest BCUT2D eigenvalue weighted by atomic mass is 10.1. The Bertz CT molecular complexity index is 334. The van der Waals surface area contributed by atoms with Gasteiger partial charge in [-0.25, -0.2) is 4.98 Å². The van der Waals surface area contributed by atoms with Crippen LogP contribution < -0.4 is 10.2 Å². The molecule has 0 spiro atoms. The maximum absolute atomic E-state index is 4.54. The number of hydrogen-bond donors (Lipinski definition) is 1. The third kappa shape index (κ3) is 3.49. The second-order valence-electron chi connectivity index (χ2n) is 4.79. The third-order valence-corrected chi connectivity index (χ3v) is 2.49. The highest BCUT2D eigenvalue weighted by Gasteiger charge is 2.08. The van der Waals surface area contributed by atoms with Gasteiger partial charge in [0.25, 0.3) is 0 Å². The Morgan fingerprint density at radius 1 is 1.44 bits per heavy atom. The standard InChI is InChI=1S/C13H23N3/c1-10(2)9-16(5)13-11(3)6-12(7-14-4)8-15-13/h6,8,10,14H,7,9H2,1-5H3. The highest BCUT2D eigenvalue weighted by atomic mass is 15.2. The molecule has 1 rings (SSSR count). The van der Waals surface area contributed by atoms with Crippen molar-refractivity contribution in [1.29, 1.82) is 0 Å². The van der Waals surface area contributed by atoms with Crippen molar-refractivity contribution in [1.82, 2.24) is 10.3 Å². The van der Waals surface area contributed by atoms with E-state index in [2.05, 4.69) is 49.1 Å². The van der Waals surface area contributed by atoms with Crippen molar-refractivity contribution in [3.63, 3.8) is 0 Å². The van der Waals surface area contributed by atoms with Crippen LogP contribution in [-0.2, 0) is 6.54 Å².